The maximum absolute atomic E-state index is 5.69. The van der Waals surface area contributed by atoms with Crippen LogP contribution in [0.2, 0.25) is 0 Å². The smallest absolute Gasteiger partial charge is 0.120 e. The molecule has 1 atom stereocenters. The van der Waals surface area contributed by atoms with E-state index in [2.05, 4.69) is 11.0 Å². The number of nitrogens with two attached hydrogens (primary N) is 1. The highest BCUT2D eigenvalue weighted by atomic mass is 16.5. The van der Waals surface area contributed by atoms with Gasteiger partial charge in [-0.1, -0.05) is 0 Å². The molecule has 0 amide bonds. The molecule has 2 heterocycles. The molecule has 1 fully saturated rings. The van der Waals surface area contributed by atoms with Crippen LogP contribution in [0.15, 0.2) is 10.5 Å². The first-order valence-corrected chi connectivity index (χ1v) is 5.76. The monoisotopic (exact) mass is 224 g/mol. The van der Waals surface area contributed by atoms with E-state index in [0.29, 0.717) is 12.6 Å². The van der Waals surface area contributed by atoms with Gasteiger partial charge >= 0.3 is 0 Å². The molecule has 0 radical (unpaired) electrons. The predicted molar refractivity (Wildman–Crippen MR) is 62.0 cm³/mol. The minimum atomic E-state index is 0.380. The van der Waals surface area contributed by atoms with E-state index in [-0.39, 0.29) is 0 Å². The van der Waals surface area contributed by atoms with Crippen LogP contribution >= 0.6 is 0 Å². The standard InChI is InChI=1S/C12H20N2O2/c1-9-5-11(16-12(9)6-13)8-14-4-3-10(7-14)15-2/h5,10H,3-4,6-8,13H2,1-2H3. The summed E-state index contributed by atoms with van der Waals surface area (Å²) in [6.45, 7) is 5.45. The zero-order valence-electron chi connectivity index (χ0n) is 10.0. The molecule has 0 saturated carbocycles. The van der Waals surface area contributed by atoms with Gasteiger partial charge in [-0.05, 0) is 25.0 Å². The van der Waals surface area contributed by atoms with E-state index in [1.54, 1.807) is 7.11 Å². The van der Waals surface area contributed by atoms with E-state index in [1.165, 1.54) is 0 Å². The Hall–Kier alpha value is -0.840. The maximum Gasteiger partial charge on any atom is 0.120 e. The van der Waals surface area contributed by atoms with Crippen LogP contribution in [0.3, 0.4) is 0 Å². The quantitative estimate of drug-likeness (QED) is 0.836. The lowest BCUT2D eigenvalue weighted by Gasteiger charge is -2.13. The second kappa shape index (κ2) is 4.99. The lowest BCUT2D eigenvalue weighted by molar-refractivity contribution is 0.106. The molecule has 2 rings (SSSR count). The fourth-order valence-corrected chi connectivity index (χ4v) is 2.22. The number of hydrogen-bond donors (Lipinski definition) is 1. The van der Waals surface area contributed by atoms with Crippen LogP contribution in [0.1, 0.15) is 23.5 Å². The SMILES string of the molecule is COC1CCN(Cc2cc(C)c(CN)o2)C1. The third-order valence-corrected chi connectivity index (χ3v) is 3.20. The number of aryl methyl sites for hydroxylation is 1. The van der Waals surface area contributed by atoms with Crippen molar-refractivity contribution in [2.45, 2.75) is 32.5 Å². The van der Waals surface area contributed by atoms with Crippen LogP contribution in [0.4, 0.5) is 0 Å². The summed E-state index contributed by atoms with van der Waals surface area (Å²) in [5.74, 6) is 1.91. The highest BCUT2D eigenvalue weighted by Gasteiger charge is 2.22. The van der Waals surface area contributed by atoms with Crippen LogP contribution in [0.25, 0.3) is 0 Å². The van der Waals surface area contributed by atoms with Gasteiger partial charge in [0.05, 0.1) is 19.2 Å². The van der Waals surface area contributed by atoms with Crippen LogP contribution in [-0.2, 0) is 17.8 Å². The lowest BCUT2D eigenvalue weighted by atomic mass is 10.2. The van der Waals surface area contributed by atoms with Gasteiger partial charge in [-0.15, -0.1) is 0 Å². The molecule has 0 aromatic carbocycles. The number of likely N-dealkylation sites (tertiary alicyclic amines) is 1. The Bertz CT molecular complexity index is 349. The Kier molecular flexibility index (Phi) is 3.63. The van der Waals surface area contributed by atoms with Gasteiger partial charge in [-0.2, -0.15) is 0 Å². The molecule has 0 spiro atoms. The molecular formula is C12H20N2O2. The third kappa shape index (κ3) is 2.45. The van der Waals surface area contributed by atoms with Gasteiger partial charge in [0.15, 0.2) is 0 Å². The van der Waals surface area contributed by atoms with Crippen LogP contribution < -0.4 is 5.73 Å². The molecule has 0 bridgehead atoms. The van der Waals surface area contributed by atoms with E-state index in [9.17, 15) is 0 Å². The Balaban J connectivity index is 1.94. The highest BCUT2D eigenvalue weighted by molar-refractivity contribution is 5.19. The van der Waals surface area contributed by atoms with Gasteiger partial charge in [-0.25, -0.2) is 0 Å². The normalized spacial score (nSPS) is 21.8. The summed E-state index contributed by atoms with van der Waals surface area (Å²) in [4.78, 5) is 2.35. The predicted octanol–water partition coefficient (Wildman–Crippen LogP) is 1.27. The van der Waals surface area contributed by atoms with Crippen molar-refractivity contribution in [1.82, 2.24) is 4.90 Å². The van der Waals surface area contributed by atoms with E-state index < -0.39 is 0 Å². The van der Waals surface area contributed by atoms with E-state index >= 15 is 0 Å². The first-order chi connectivity index (χ1) is 7.72. The highest BCUT2D eigenvalue weighted by Crippen LogP contribution is 2.19. The van der Waals surface area contributed by atoms with Crippen molar-refractivity contribution in [2.75, 3.05) is 20.2 Å². The summed E-state index contributed by atoms with van der Waals surface area (Å²) in [7, 11) is 1.78. The molecule has 1 aliphatic rings. The van der Waals surface area contributed by atoms with Crippen molar-refractivity contribution in [3.05, 3.63) is 23.2 Å². The van der Waals surface area contributed by atoms with E-state index in [1.807, 2.05) is 6.92 Å². The molecule has 1 aliphatic heterocycles. The van der Waals surface area contributed by atoms with Gasteiger partial charge in [0.25, 0.3) is 0 Å². The molecule has 4 heteroatoms. The fourth-order valence-electron chi connectivity index (χ4n) is 2.22. The zero-order chi connectivity index (χ0) is 11.5. The number of ether oxygens (including phenoxy) is 1. The van der Waals surface area contributed by atoms with Crippen molar-refractivity contribution < 1.29 is 9.15 Å². The van der Waals surface area contributed by atoms with Crippen LogP contribution in [0, 0.1) is 6.92 Å². The van der Waals surface area contributed by atoms with Gasteiger partial charge in [0, 0.05) is 20.2 Å². The van der Waals surface area contributed by atoms with Crippen molar-refractivity contribution >= 4 is 0 Å². The van der Waals surface area contributed by atoms with Crippen molar-refractivity contribution in [3.8, 4) is 0 Å². The minimum absolute atomic E-state index is 0.380. The molecule has 4 nitrogen and oxygen atoms in total. The summed E-state index contributed by atoms with van der Waals surface area (Å²) in [6.07, 6.45) is 1.49. The van der Waals surface area contributed by atoms with Gasteiger partial charge in [0.1, 0.15) is 11.5 Å². The molecule has 1 saturated heterocycles. The van der Waals surface area contributed by atoms with Crippen molar-refractivity contribution in [1.29, 1.82) is 0 Å². The molecule has 16 heavy (non-hydrogen) atoms. The molecule has 1 aromatic heterocycles. The largest absolute Gasteiger partial charge is 0.463 e. The maximum atomic E-state index is 5.69. The molecule has 1 aromatic rings. The number of hydrogen-bond acceptors (Lipinski definition) is 4. The average molecular weight is 224 g/mol. The molecule has 2 N–H and O–H groups in total. The van der Waals surface area contributed by atoms with E-state index in [0.717, 1.165) is 43.1 Å². The Morgan fingerprint density at radius 2 is 2.44 bits per heavy atom. The molecule has 1 unspecified atom stereocenters. The van der Waals surface area contributed by atoms with Crippen LogP contribution in [-0.4, -0.2) is 31.2 Å². The Labute approximate surface area is 96.4 Å². The zero-order valence-corrected chi connectivity index (χ0v) is 10.0. The summed E-state index contributed by atoms with van der Waals surface area (Å²) in [6, 6.07) is 2.09. The average Bonchev–Trinajstić information content (AvgIpc) is 2.85. The van der Waals surface area contributed by atoms with Crippen molar-refractivity contribution in [3.63, 3.8) is 0 Å². The number of nitrogens with zero attached hydrogens (tertiary/aromatic N) is 1. The summed E-state index contributed by atoms with van der Waals surface area (Å²) in [5, 5.41) is 0. The molecule has 0 aliphatic carbocycles. The molecule has 90 valence electrons. The summed E-state index contributed by atoms with van der Waals surface area (Å²) in [5.41, 5.74) is 6.74. The lowest BCUT2D eigenvalue weighted by Crippen LogP contribution is -2.22. The number of rotatable bonds is 4. The van der Waals surface area contributed by atoms with Gasteiger partial charge in [0.2, 0.25) is 0 Å². The third-order valence-electron chi connectivity index (χ3n) is 3.20. The Morgan fingerprint density at radius 1 is 1.62 bits per heavy atom. The minimum Gasteiger partial charge on any atom is -0.463 e. The van der Waals surface area contributed by atoms with E-state index in [4.69, 9.17) is 14.9 Å². The Morgan fingerprint density at radius 3 is 3.00 bits per heavy atom. The van der Waals surface area contributed by atoms with Gasteiger partial charge < -0.3 is 14.9 Å². The summed E-state index contributed by atoms with van der Waals surface area (Å²) < 4.78 is 11.0. The number of furan rings is 1. The first kappa shape index (κ1) is 11.6. The van der Waals surface area contributed by atoms with Crippen LogP contribution in [0.5, 0.6) is 0 Å². The first-order valence-electron chi connectivity index (χ1n) is 5.76. The van der Waals surface area contributed by atoms with Crippen molar-refractivity contribution in [2.24, 2.45) is 5.73 Å². The van der Waals surface area contributed by atoms with Gasteiger partial charge in [-0.3, -0.25) is 4.90 Å². The summed E-state index contributed by atoms with van der Waals surface area (Å²) >= 11 is 0. The second-order valence-corrected chi connectivity index (χ2v) is 4.40. The number of methoxy groups -OCH3 is 1. The molecular weight excluding hydrogens is 204 g/mol. The fraction of sp³-hybridized carbons (Fsp3) is 0.667. The second-order valence-electron chi connectivity index (χ2n) is 4.40. The topological polar surface area (TPSA) is 51.6 Å².